The van der Waals surface area contributed by atoms with Gasteiger partial charge in [-0.1, -0.05) is 6.57 Å². The molecular weight excluding hydrogens is 388 g/mol. The van der Waals surface area contributed by atoms with Crippen molar-refractivity contribution in [1.82, 2.24) is 19.6 Å². The Morgan fingerprint density at radius 2 is 2.00 bits per heavy atom. The van der Waals surface area contributed by atoms with Gasteiger partial charge in [-0.3, -0.25) is 4.79 Å². The van der Waals surface area contributed by atoms with E-state index >= 15 is 0 Å². The Morgan fingerprint density at radius 1 is 1.27 bits per heavy atom. The van der Waals surface area contributed by atoms with Crippen molar-refractivity contribution in [2.75, 3.05) is 7.11 Å². The van der Waals surface area contributed by atoms with Crippen LogP contribution in [0.4, 0.5) is 5.82 Å². The zero-order valence-corrected chi connectivity index (χ0v) is 17.1. The number of carbonyl (C=O) groups excluding carboxylic acids is 2. The van der Waals surface area contributed by atoms with Crippen LogP contribution in [-0.2, 0) is 14.3 Å². The van der Waals surface area contributed by atoms with Gasteiger partial charge in [0.25, 0.3) is 0 Å². The minimum Gasteiger partial charge on any atom is -0.468 e. The third-order valence-corrected chi connectivity index (χ3v) is 4.62. The first kappa shape index (κ1) is 21.0. The second-order valence-corrected chi connectivity index (χ2v) is 7.01. The van der Waals surface area contributed by atoms with Gasteiger partial charge < -0.3 is 20.1 Å². The van der Waals surface area contributed by atoms with E-state index in [9.17, 15) is 9.59 Å². The molecule has 0 amide bonds. The van der Waals surface area contributed by atoms with Gasteiger partial charge in [-0.05, 0) is 44.1 Å². The predicted molar refractivity (Wildman–Crippen MR) is 108 cm³/mol. The molecule has 3 rings (SSSR count). The Kier molecular flexibility index (Phi) is 5.84. The van der Waals surface area contributed by atoms with Gasteiger partial charge in [0.05, 0.1) is 36.1 Å². The van der Waals surface area contributed by atoms with Crippen LogP contribution in [0.3, 0.4) is 0 Å². The number of carbonyl (C=O) groups is 2. The van der Waals surface area contributed by atoms with Crippen molar-refractivity contribution in [1.29, 1.82) is 0 Å². The minimum absolute atomic E-state index is 0.110. The van der Waals surface area contributed by atoms with Crippen LogP contribution in [0, 0.1) is 6.57 Å². The molecule has 2 aromatic heterocycles. The van der Waals surface area contributed by atoms with E-state index in [-0.39, 0.29) is 11.6 Å². The lowest BCUT2D eigenvalue weighted by Crippen LogP contribution is -2.43. The number of rotatable bonds is 6. The van der Waals surface area contributed by atoms with Crippen molar-refractivity contribution in [3.8, 4) is 5.69 Å². The summed E-state index contributed by atoms with van der Waals surface area (Å²) in [7, 11) is 1.21. The van der Waals surface area contributed by atoms with E-state index in [1.807, 2.05) is 26.0 Å². The molecule has 0 spiro atoms. The average Bonchev–Trinajstić information content (AvgIpc) is 3.37. The van der Waals surface area contributed by atoms with Crippen LogP contribution in [0.5, 0.6) is 0 Å². The number of nitrogens with two attached hydrogens (primary N) is 1. The summed E-state index contributed by atoms with van der Waals surface area (Å²) in [5.74, 6) is -1.03. The summed E-state index contributed by atoms with van der Waals surface area (Å²) < 4.78 is 13.1. The van der Waals surface area contributed by atoms with Crippen molar-refractivity contribution >= 4 is 28.7 Å². The van der Waals surface area contributed by atoms with Gasteiger partial charge in [-0.25, -0.2) is 9.48 Å². The number of nitrogens with zero attached hydrogens (tertiary/aromatic N) is 5. The Balaban J connectivity index is 1.85. The van der Waals surface area contributed by atoms with E-state index in [4.69, 9.17) is 17.0 Å². The molecule has 3 aromatic rings. The SMILES string of the molecule is [C-]#[N+]c1nn(C(C)C)c2ccc(-n3cc(C(=O)O[C@H](C)[C@H](N)C(=O)OC)cn3)cc12. The first-order chi connectivity index (χ1) is 14.3. The summed E-state index contributed by atoms with van der Waals surface area (Å²) in [4.78, 5) is 27.4. The Labute approximate surface area is 173 Å². The van der Waals surface area contributed by atoms with Crippen LogP contribution in [-0.4, -0.2) is 50.8 Å². The van der Waals surface area contributed by atoms with Crippen LogP contribution in [0.15, 0.2) is 30.6 Å². The molecule has 30 heavy (non-hydrogen) atoms. The Morgan fingerprint density at radius 3 is 2.63 bits per heavy atom. The topological polar surface area (TPSA) is 119 Å². The predicted octanol–water partition coefficient (Wildman–Crippen LogP) is 2.40. The number of hydrogen-bond acceptors (Lipinski definition) is 7. The van der Waals surface area contributed by atoms with Crippen LogP contribution >= 0.6 is 0 Å². The zero-order chi connectivity index (χ0) is 22.0. The van der Waals surface area contributed by atoms with Crippen molar-refractivity contribution in [2.24, 2.45) is 5.73 Å². The molecule has 0 bridgehead atoms. The second kappa shape index (κ2) is 8.34. The van der Waals surface area contributed by atoms with Gasteiger partial charge in [-0.15, -0.1) is 0 Å². The summed E-state index contributed by atoms with van der Waals surface area (Å²) >= 11 is 0. The van der Waals surface area contributed by atoms with Gasteiger partial charge in [-0.2, -0.15) is 9.78 Å². The molecule has 0 aliphatic carbocycles. The summed E-state index contributed by atoms with van der Waals surface area (Å²) in [6.45, 7) is 12.9. The van der Waals surface area contributed by atoms with Gasteiger partial charge in [0.15, 0.2) is 0 Å². The van der Waals surface area contributed by atoms with Gasteiger partial charge in [0, 0.05) is 11.6 Å². The number of esters is 2. The van der Waals surface area contributed by atoms with Gasteiger partial charge >= 0.3 is 17.8 Å². The van der Waals surface area contributed by atoms with Crippen LogP contribution in [0.1, 0.15) is 37.2 Å². The van der Waals surface area contributed by atoms with Gasteiger partial charge in [0.2, 0.25) is 0 Å². The zero-order valence-electron chi connectivity index (χ0n) is 17.1. The molecule has 10 heteroatoms. The molecule has 0 fully saturated rings. The standard InChI is InChI=1S/C20H22N6O4/c1-11(2)26-16-7-6-14(8-15(16)18(22-4)24-26)25-10-13(9-23-25)19(27)30-12(3)17(21)20(28)29-5/h6-12,17H,21H2,1-3,5H3/t12-,17+/m1/s1. The number of ether oxygens (including phenoxy) is 2. The number of hydrogen-bond donors (Lipinski definition) is 1. The minimum atomic E-state index is -1.08. The lowest BCUT2D eigenvalue weighted by atomic mass is 10.2. The average molecular weight is 410 g/mol. The van der Waals surface area contributed by atoms with Crippen molar-refractivity contribution in [2.45, 2.75) is 39.0 Å². The third kappa shape index (κ3) is 3.88. The summed E-state index contributed by atoms with van der Waals surface area (Å²) in [6, 6.07) is 4.52. The fourth-order valence-electron chi connectivity index (χ4n) is 2.94. The van der Waals surface area contributed by atoms with Crippen molar-refractivity contribution in [3.05, 3.63) is 47.6 Å². The van der Waals surface area contributed by atoms with E-state index in [0.29, 0.717) is 16.9 Å². The molecule has 0 radical (unpaired) electrons. The maximum atomic E-state index is 12.4. The highest BCUT2D eigenvalue weighted by atomic mass is 16.6. The first-order valence-corrected chi connectivity index (χ1v) is 9.26. The van der Waals surface area contributed by atoms with E-state index in [1.54, 1.807) is 10.7 Å². The molecule has 1 aromatic carbocycles. The molecule has 2 N–H and O–H groups in total. The van der Waals surface area contributed by atoms with E-state index in [0.717, 1.165) is 5.52 Å². The maximum absolute atomic E-state index is 12.4. The third-order valence-electron chi connectivity index (χ3n) is 4.62. The summed E-state index contributed by atoms with van der Waals surface area (Å²) in [5.41, 5.74) is 7.39. The second-order valence-electron chi connectivity index (χ2n) is 7.01. The smallest absolute Gasteiger partial charge is 0.341 e. The lowest BCUT2D eigenvalue weighted by molar-refractivity contribution is -0.144. The first-order valence-electron chi connectivity index (χ1n) is 9.26. The Hall–Kier alpha value is -3.71. The van der Waals surface area contributed by atoms with E-state index in [1.165, 1.54) is 31.1 Å². The molecule has 2 atom stereocenters. The van der Waals surface area contributed by atoms with Crippen LogP contribution in [0.2, 0.25) is 0 Å². The molecule has 0 saturated carbocycles. The fourth-order valence-corrected chi connectivity index (χ4v) is 2.94. The van der Waals surface area contributed by atoms with E-state index < -0.39 is 24.1 Å². The number of aromatic nitrogens is 4. The maximum Gasteiger partial charge on any atom is 0.341 e. The Bertz CT molecular complexity index is 1140. The summed E-state index contributed by atoms with van der Waals surface area (Å²) in [6.07, 6.45) is 1.99. The van der Waals surface area contributed by atoms with Crippen molar-refractivity contribution < 1.29 is 19.1 Å². The highest BCUT2D eigenvalue weighted by Crippen LogP contribution is 2.29. The highest BCUT2D eigenvalue weighted by Gasteiger charge is 2.26. The van der Waals surface area contributed by atoms with E-state index in [2.05, 4.69) is 19.8 Å². The normalized spacial score (nSPS) is 13.1. The molecule has 2 heterocycles. The van der Waals surface area contributed by atoms with Crippen molar-refractivity contribution in [3.63, 3.8) is 0 Å². The molecule has 10 nitrogen and oxygen atoms in total. The number of methoxy groups -OCH3 is 1. The van der Waals surface area contributed by atoms with Crippen LogP contribution < -0.4 is 5.73 Å². The summed E-state index contributed by atoms with van der Waals surface area (Å²) in [5, 5.41) is 9.26. The molecule has 156 valence electrons. The fraction of sp³-hybridized carbons (Fsp3) is 0.350. The molecular formula is C20H22N6O4. The number of benzene rings is 1. The molecule has 0 saturated heterocycles. The number of fused-ring (bicyclic) bond motifs is 1. The molecule has 0 aliphatic heterocycles. The molecule has 0 unspecified atom stereocenters. The molecule has 0 aliphatic rings. The van der Waals surface area contributed by atoms with Crippen LogP contribution in [0.25, 0.3) is 21.4 Å². The monoisotopic (exact) mass is 410 g/mol. The highest BCUT2D eigenvalue weighted by molar-refractivity contribution is 5.92. The lowest BCUT2D eigenvalue weighted by Gasteiger charge is -2.17. The largest absolute Gasteiger partial charge is 0.468 e. The van der Waals surface area contributed by atoms with Gasteiger partial charge in [0.1, 0.15) is 12.1 Å². The quantitative estimate of drug-likeness (QED) is 0.489.